The molecule has 1 atom stereocenters. The summed E-state index contributed by atoms with van der Waals surface area (Å²) in [6.07, 6.45) is 7.39. The lowest BCUT2D eigenvalue weighted by atomic mass is 10.2. The third-order valence-electron chi connectivity index (χ3n) is 5.93. The van der Waals surface area contributed by atoms with Gasteiger partial charge in [-0.25, -0.2) is 0 Å². The number of para-hydroxylation sites is 2. The first-order valence-corrected chi connectivity index (χ1v) is 10.5. The number of rotatable bonds is 4. The van der Waals surface area contributed by atoms with Crippen LogP contribution in [0.3, 0.4) is 0 Å². The second-order valence-corrected chi connectivity index (χ2v) is 8.30. The van der Waals surface area contributed by atoms with Gasteiger partial charge >= 0.3 is 0 Å². The normalized spacial score (nSPS) is 20.0. The fraction of sp³-hybridized carbons (Fsp3) is 0.333. The van der Waals surface area contributed by atoms with E-state index in [0.717, 1.165) is 11.3 Å². The van der Waals surface area contributed by atoms with E-state index in [1.54, 1.807) is 6.08 Å². The molecule has 0 fully saturated rings. The van der Waals surface area contributed by atoms with Crippen LogP contribution in [0, 0.1) is 0 Å². The second-order valence-electron chi connectivity index (χ2n) is 8.30. The van der Waals surface area contributed by atoms with Crippen molar-refractivity contribution in [2.45, 2.75) is 12.5 Å². The van der Waals surface area contributed by atoms with Crippen LogP contribution in [0.25, 0.3) is 6.08 Å². The van der Waals surface area contributed by atoms with Crippen molar-refractivity contribution < 1.29 is 19.1 Å². The van der Waals surface area contributed by atoms with Crippen molar-refractivity contribution in [2.24, 2.45) is 7.05 Å². The fourth-order valence-corrected chi connectivity index (χ4v) is 4.30. The van der Waals surface area contributed by atoms with Gasteiger partial charge in [0.15, 0.2) is 11.5 Å². The number of hydrogen-bond donors (Lipinski definition) is 0. The molecule has 3 aliphatic heterocycles. The molecule has 31 heavy (non-hydrogen) atoms. The first-order chi connectivity index (χ1) is 15.0. The van der Waals surface area contributed by atoms with Crippen LogP contribution in [0.15, 0.2) is 59.9 Å². The molecular formula is C24H25N3O4. The molecule has 7 heteroatoms. The third-order valence-corrected chi connectivity index (χ3v) is 5.93. The molecule has 0 saturated heterocycles. The van der Waals surface area contributed by atoms with Crippen LogP contribution in [-0.4, -0.2) is 65.1 Å². The maximum Gasteiger partial charge on any atom is 0.247 e. The molecule has 0 aliphatic carbocycles. The molecule has 160 valence electrons. The van der Waals surface area contributed by atoms with Crippen LogP contribution in [0.1, 0.15) is 12.0 Å². The van der Waals surface area contributed by atoms with E-state index in [1.165, 1.54) is 11.1 Å². The molecule has 5 rings (SSSR count). The van der Waals surface area contributed by atoms with Gasteiger partial charge in [0.2, 0.25) is 11.8 Å². The Kier molecular flexibility index (Phi) is 5.02. The van der Waals surface area contributed by atoms with Crippen LogP contribution in [0.5, 0.6) is 11.5 Å². The molecule has 1 aromatic carbocycles. The van der Waals surface area contributed by atoms with Crippen LogP contribution in [0.2, 0.25) is 0 Å². The van der Waals surface area contributed by atoms with Crippen molar-refractivity contribution in [3.8, 4) is 11.5 Å². The van der Waals surface area contributed by atoms with Gasteiger partial charge in [-0.05, 0) is 41.0 Å². The van der Waals surface area contributed by atoms with E-state index >= 15 is 0 Å². The number of carbonyl (C=O) groups excluding carboxylic acids is 2. The Balaban J connectivity index is 1.11. The summed E-state index contributed by atoms with van der Waals surface area (Å²) in [4.78, 5) is 29.0. The Hall–Kier alpha value is -3.48. The summed E-state index contributed by atoms with van der Waals surface area (Å²) in [5, 5.41) is 0. The number of aryl methyl sites for hydroxylation is 1. The summed E-state index contributed by atoms with van der Waals surface area (Å²) in [5.74, 6) is 1.47. The molecule has 3 aliphatic rings. The smallest absolute Gasteiger partial charge is 0.247 e. The number of benzene rings is 1. The van der Waals surface area contributed by atoms with Gasteiger partial charge < -0.3 is 23.8 Å². The highest BCUT2D eigenvalue weighted by molar-refractivity contribution is 5.92. The van der Waals surface area contributed by atoms with E-state index < -0.39 is 0 Å². The van der Waals surface area contributed by atoms with Crippen LogP contribution < -0.4 is 9.47 Å². The fourth-order valence-electron chi connectivity index (χ4n) is 4.30. The number of nitrogens with zero attached hydrogens (tertiary/aromatic N) is 3. The van der Waals surface area contributed by atoms with Gasteiger partial charge in [-0.1, -0.05) is 12.1 Å². The number of ether oxygens (including phenoxy) is 2. The van der Waals surface area contributed by atoms with Gasteiger partial charge in [-0.15, -0.1) is 0 Å². The van der Waals surface area contributed by atoms with Crippen molar-refractivity contribution in [3.05, 3.63) is 65.5 Å². The average molecular weight is 419 g/mol. The molecule has 0 N–H and O–H groups in total. The van der Waals surface area contributed by atoms with E-state index in [9.17, 15) is 9.59 Å². The minimum atomic E-state index is -0.279. The summed E-state index contributed by atoms with van der Waals surface area (Å²) >= 11 is 0. The molecule has 0 saturated carbocycles. The van der Waals surface area contributed by atoms with Gasteiger partial charge in [-0.2, -0.15) is 0 Å². The van der Waals surface area contributed by atoms with E-state index in [0.29, 0.717) is 38.5 Å². The maximum atomic E-state index is 12.8. The maximum absolute atomic E-state index is 12.8. The molecular weight excluding hydrogens is 394 g/mol. The highest BCUT2D eigenvalue weighted by atomic mass is 16.6. The van der Waals surface area contributed by atoms with Crippen molar-refractivity contribution in [1.82, 2.24) is 14.4 Å². The van der Waals surface area contributed by atoms with E-state index in [-0.39, 0.29) is 24.3 Å². The zero-order valence-electron chi connectivity index (χ0n) is 17.5. The summed E-state index contributed by atoms with van der Waals surface area (Å²) in [7, 11) is 1.95. The Labute approximate surface area is 181 Å². The van der Waals surface area contributed by atoms with Gasteiger partial charge in [0.05, 0.1) is 6.42 Å². The topological polar surface area (TPSA) is 64.0 Å². The first-order valence-electron chi connectivity index (χ1n) is 10.5. The van der Waals surface area contributed by atoms with Crippen molar-refractivity contribution in [3.63, 3.8) is 0 Å². The van der Waals surface area contributed by atoms with Crippen LogP contribution in [0.4, 0.5) is 0 Å². The Morgan fingerprint density at radius 1 is 1.03 bits per heavy atom. The quantitative estimate of drug-likeness (QED) is 0.563. The van der Waals surface area contributed by atoms with Crippen molar-refractivity contribution in [2.75, 3.05) is 32.8 Å². The monoisotopic (exact) mass is 419 g/mol. The lowest BCUT2D eigenvalue weighted by Gasteiger charge is -2.28. The lowest BCUT2D eigenvalue weighted by Crippen LogP contribution is -2.39. The molecule has 1 aromatic heterocycles. The molecule has 0 spiro atoms. The summed E-state index contributed by atoms with van der Waals surface area (Å²) in [5.41, 5.74) is 3.37. The van der Waals surface area contributed by atoms with Gasteiger partial charge in [-0.3, -0.25) is 9.59 Å². The first kappa shape index (κ1) is 19.5. The van der Waals surface area contributed by atoms with Crippen LogP contribution in [-0.2, 0) is 16.6 Å². The molecule has 0 radical (unpaired) electrons. The summed E-state index contributed by atoms with van der Waals surface area (Å²) in [6.45, 7) is 2.73. The van der Waals surface area contributed by atoms with E-state index in [2.05, 4.69) is 0 Å². The second kappa shape index (κ2) is 7.98. The van der Waals surface area contributed by atoms with Crippen molar-refractivity contribution >= 4 is 17.9 Å². The number of amides is 2. The van der Waals surface area contributed by atoms with E-state index in [1.807, 2.05) is 70.2 Å². The highest BCUT2D eigenvalue weighted by Gasteiger charge is 2.34. The molecule has 1 unspecified atom stereocenters. The molecule has 7 nitrogen and oxygen atoms in total. The standard InChI is InChI=1S/C24H25N3O4/c1-25-9-8-17(11-25)6-7-23(28)26-12-18-14-27(15-19(18)13-26)24(29)10-20-16-30-21-4-2-3-5-22(21)31-20/h2-9,11,20H,10,12-16H2,1H3/b7-6+. The Bertz CT molecular complexity index is 1070. The van der Waals surface area contributed by atoms with E-state index in [4.69, 9.17) is 9.47 Å². The van der Waals surface area contributed by atoms with Gasteiger partial charge in [0.25, 0.3) is 0 Å². The van der Waals surface area contributed by atoms with Crippen LogP contribution >= 0.6 is 0 Å². The zero-order chi connectivity index (χ0) is 21.4. The third kappa shape index (κ3) is 4.08. The van der Waals surface area contributed by atoms with Gasteiger partial charge in [0.1, 0.15) is 12.7 Å². The molecule has 2 amide bonds. The average Bonchev–Trinajstić information content (AvgIpc) is 3.46. The summed E-state index contributed by atoms with van der Waals surface area (Å²) < 4.78 is 13.6. The Morgan fingerprint density at radius 2 is 1.74 bits per heavy atom. The molecule has 0 bridgehead atoms. The molecule has 4 heterocycles. The largest absolute Gasteiger partial charge is 0.486 e. The predicted molar refractivity (Wildman–Crippen MR) is 116 cm³/mol. The zero-order valence-corrected chi connectivity index (χ0v) is 17.5. The highest BCUT2D eigenvalue weighted by Crippen LogP contribution is 2.32. The minimum absolute atomic E-state index is 0.00236. The Morgan fingerprint density at radius 3 is 2.45 bits per heavy atom. The molecule has 2 aromatic rings. The number of fused-ring (bicyclic) bond motifs is 1. The number of aromatic nitrogens is 1. The summed E-state index contributed by atoms with van der Waals surface area (Å²) in [6, 6.07) is 9.48. The van der Waals surface area contributed by atoms with Gasteiger partial charge in [0, 0.05) is 51.7 Å². The number of hydrogen-bond acceptors (Lipinski definition) is 4. The predicted octanol–water partition coefficient (Wildman–Crippen LogP) is 2.25. The minimum Gasteiger partial charge on any atom is -0.486 e. The lowest BCUT2D eigenvalue weighted by molar-refractivity contribution is -0.132. The SMILES string of the molecule is Cn1ccc(/C=C/C(=O)N2CC3=C(C2)CN(C(=O)CC2COc4ccccc4O2)C3)c1. The number of carbonyl (C=O) groups is 2. The van der Waals surface area contributed by atoms with Crippen molar-refractivity contribution in [1.29, 1.82) is 0 Å².